The lowest BCUT2D eigenvalue weighted by atomic mass is 9.94. The molecule has 1 saturated heterocycles. The molecule has 1 aliphatic heterocycles. The largest absolute Gasteiger partial charge is 0.507 e. The molecule has 4 aromatic rings. The number of H-pyrrole nitrogens is 1. The van der Waals surface area contributed by atoms with Gasteiger partial charge in [-0.3, -0.25) is 24.6 Å². The van der Waals surface area contributed by atoms with Gasteiger partial charge in [-0.2, -0.15) is 0 Å². The average Bonchev–Trinajstić information content (AvgIpc) is 3.43. The minimum Gasteiger partial charge on any atom is -0.507 e. The van der Waals surface area contributed by atoms with Gasteiger partial charge in [0, 0.05) is 46.0 Å². The van der Waals surface area contributed by atoms with Gasteiger partial charge in [0.05, 0.1) is 23.1 Å². The van der Waals surface area contributed by atoms with Crippen molar-refractivity contribution < 1.29 is 24.4 Å². The maximum Gasteiger partial charge on any atom is 0.300 e. The number of fused-ring (bicyclic) bond motifs is 1. The molecule has 0 radical (unpaired) electrons. The van der Waals surface area contributed by atoms with E-state index in [1.54, 1.807) is 30.5 Å². The molecule has 1 atom stereocenters. The van der Waals surface area contributed by atoms with E-state index in [1.807, 2.05) is 31.2 Å². The number of aromatic nitrogens is 1. The Balaban J connectivity index is 1.73. The summed E-state index contributed by atoms with van der Waals surface area (Å²) < 4.78 is 5.50. The second-order valence-corrected chi connectivity index (χ2v) is 8.19. The number of aliphatic hydroxyl groups is 1. The molecule has 36 heavy (non-hydrogen) atoms. The van der Waals surface area contributed by atoms with Crippen molar-refractivity contribution in [3.63, 3.8) is 0 Å². The van der Waals surface area contributed by atoms with Crippen molar-refractivity contribution >= 4 is 39.7 Å². The number of ketones is 1. The van der Waals surface area contributed by atoms with E-state index in [4.69, 9.17) is 4.74 Å². The number of nitrogens with one attached hydrogen (secondary N) is 1. The number of Topliss-reactive ketones (excluding diaryl/α,β-unsaturated/α-hetero) is 1. The molecule has 0 bridgehead atoms. The van der Waals surface area contributed by atoms with Crippen LogP contribution in [0, 0.1) is 10.1 Å². The quantitative estimate of drug-likeness (QED) is 0.129. The number of para-hydroxylation sites is 1. The average molecular weight is 483 g/mol. The molecule has 1 fully saturated rings. The zero-order valence-corrected chi connectivity index (χ0v) is 19.2. The summed E-state index contributed by atoms with van der Waals surface area (Å²) in [5, 5.41) is 23.3. The Morgan fingerprint density at radius 3 is 2.56 bits per heavy atom. The predicted molar refractivity (Wildman–Crippen MR) is 134 cm³/mol. The summed E-state index contributed by atoms with van der Waals surface area (Å²) in [5.41, 5.74) is 1.50. The number of aromatic amines is 1. The van der Waals surface area contributed by atoms with Gasteiger partial charge < -0.3 is 14.8 Å². The smallest absolute Gasteiger partial charge is 0.300 e. The summed E-state index contributed by atoms with van der Waals surface area (Å²) in [4.78, 5) is 41.9. The summed E-state index contributed by atoms with van der Waals surface area (Å²) in [6.07, 6.45) is 1.70. The van der Waals surface area contributed by atoms with E-state index in [0.717, 1.165) is 10.9 Å². The summed E-state index contributed by atoms with van der Waals surface area (Å²) in [5.74, 6) is -1.58. The number of amides is 1. The van der Waals surface area contributed by atoms with Crippen LogP contribution in [-0.4, -0.2) is 33.3 Å². The third-order valence-corrected chi connectivity index (χ3v) is 6.12. The first-order chi connectivity index (χ1) is 17.4. The highest BCUT2D eigenvalue weighted by Crippen LogP contribution is 2.44. The van der Waals surface area contributed by atoms with E-state index in [0.29, 0.717) is 23.6 Å². The Labute approximate surface area is 205 Å². The van der Waals surface area contributed by atoms with Crippen molar-refractivity contribution in [1.29, 1.82) is 0 Å². The van der Waals surface area contributed by atoms with Gasteiger partial charge in [-0.25, -0.2) is 0 Å². The number of anilines is 1. The molecule has 1 aliphatic rings. The first-order valence-electron chi connectivity index (χ1n) is 11.3. The number of non-ortho nitro benzene ring substituents is 1. The fraction of sp³-hybridized carbons (Fsp3) is 0.111. The van der Waals surface area contributed by atoms with Crippen molar-refractivity contribution in [3.8, 4) is 5.75 Å². The van der Waals surface area contributed by atoms with Crippen LogP contribution in [0.5, 0.6) is 5.75 Å². The molecule has 3 aromatic carbocycles. The van der Waals surface area contributed by atoms with E-state index >= 15 is 0 Å². The molecule has 5 rings (SSSR count). The number of hydrogen-bond donors (Lipinski definition) is 2. The van der Waals surface area contributed by atoms with Gasteiger partial charge in [0.25, 0.3) is 17.4 Å². The molecule has 2 heterocycles. The first kappa shape index (κ1) is 22.9. The molecular formula is C27H21N3O6. The number of aliphatic hydroxyl groups excluding tert-OH is 1. The molecule has 0 aliphatic carbocycles. The van der Waals surface area contributed by atoms with Crippen LogP contribution >= 0.6 is 0 Å². The Morgan fingerprint density at radius 1 is 1.08 bits per heavy atom. The number of benzene rings is 3. The molecule has 0 spiro atoms. The Kier molecular flexibility index (Phi) is 5.73. The van der Waals surface area contributed by atoms with E-state index in [-0.39, 0.29) is 16.8 Å². The summed E-state index contributed by atoms with van der Waals surface area (Å²) in [6, 6.07) is 18.5. The van der Waals surface area contributed by atoms with Gasteiger partial charge >= 0.3 is 0 Å². The highest BCUT2D eigenvalue weighted by molar-refractivity contribution is 6.51. The van der Waals surface area contributed by atoms with Gasteiger partial charge in [-0.15, -0.1) is 0 Å². The van der Waals surface area contributed by atoms with Gasteiger partial charge in [-0.1, -0.05) is 30.3 Å². The van der Waals surface area contributed by atoms with Gasteiger partial charge in [-0.05, 0) is 37.3 Å². The minimum absolute atomic E-state index is 0.0683. The zero-order chi connectivity index (χ0) is 25.4. The number of ether oxygens (including phenoxy) is 1. The van der Waals surface area contributed by atoms with Crippen molar-refractivity contribution in [2.75, 3.05) is 11.5 Å². The number of carbonyl (C=O) groups excluding carboxylic acids is 2. The Hall–Kier alpha value is -4.92. The third kappa shape index (κ3) is 3.76. The molecule has 9 heteroatoms. The maximum absolute atomic E-state index is 13.4. The van der Waals surface area contributed by atoms with E-state index in [1.165, 1.54) is 29.2 Å². The van der Waals surface area contributed by atoms with Crippen LogP contribution in [0.1, 0.15) is 24.1 Å². The van der Waals surface area contributed by atoms with Crippen molar-refractivity contribution in [3.05, 3.63) is 106 Å². The van der Waals surface area contributed by atoms with E-state index in [2.05, 4.69) is 4.98 Å². The topological polar surface area (TPSA) is 126 Å². The maximum atomic E-state index is 13.4. The highest BCUT2D eigenvalue weighted by atomic mass is 16.6. The monoisotopic (exact) mass is 483 g/mol. The van der Waals surface area contributed by atoms with Crippen molar-refractivity contribution in [1.82, 2.24) is 4.98 Å². The van der Waals surface area contributed by atoms with Crippen LogP contribution in [0.3, 0.4) is 0 Å². The van der Waals surface area contributed by atoms with Gasteiger partial charge in [0.1, 0.15) is 11.5 Å². The SMILES string of the molecule is CCOc1ccc(N2C(=O)C(=O)/C(=C(/O)c3cccc([N+](=O)[O-])c3)C2c2c[nH]c3ccccc23)cc1. The summed E-state index contributed by atoms with van der Waals surface area (Å²) in [6.45, 7) is 2.33. The molecule has 1 amide bonds. The van der Waals surface area contributed by atoms with E-state index < -0.39 is 28.4 Å². The van der Waals surface area contributed by atoms with Gasteiger partial charge in [0.15, 0.2) is 0 Å². The third-order valence-electron chi connectivity index (χ3n) is 6.12. The zero-order valence-electron chi connectivity index (χ0n) is 19.2. The second-order valence-electron chi connectivity index (χ2n) is 8.19. The lowest BCUT2D eigenvalue weighted by molar-refractivity contribution is -0.384. The second kappa shape index (κ2) is 9.03. The molecular weight excluding hydrogens is 462 g/mol. The summed E-state index contributed by atoms with van der Waals surface area (Å²) in [7, 11) is 0. The fourth-order valence-electron chi connectivity index (χ4n) is 4.51. The van der Waals surface area contributed by atoms with Crippen LogP contribution in [0.25, 0.3) is 16.7 Å². The molecule has 2 N–H and O–H groups in total. The van der Waals surface area contributed by atoms with Crippen molar-refractivity contribution in [2.24, 2.45) is 0 Å². The number of nitro groups is 1. The Bertz CT molecular complexity index is 1540. The number of hydrogen-bond acceptors (Lipinski definition) is 6. The molecule has 0 saturated carbocycles. The first-order valence-corrected chi connectivity index (χ1v) is 11.3. The number of carbonyl (C=O) groups is 2. The molecule has 1 aromatic heterocycles. The molecule has 1 unspecified atom stereocenters. The molecule has 9 nitrogen and oxygen atoms in total. The number of nitro benzene ring substituents is 1. The predicted octanol–water partition coefficient (Wildman–Crippen LogP) is 5.10. The highest BCUT2D eigenvalue weighted by Gasteiger charge is 2.47. The fourth-order valence-corrected chi connectivity index (χ4v) is 4.51. The van der Waals surface area contributed by atoms with Crippen LogP contribution in [0.15, 0.2) is 84.6 Å². The lowest BCUT2D eigenvalue weighted by Crippen LogP contribution is -2.29. The van der Waals surface area contributed by atoms with E-state index in [9.17, 15) is 24.8 Å². The summed E-state index contributed by atoms with van der Waals surface area (Å²) >= 11 is 0. The number of rotatable bonds is 6. The normalized spacial score (nSPS) is 17.0. The Morgan fingerprint density at radius 2 is 1.83 bits per heavy atom. The van der Waals surface area contributed by atoms with Crippen LogP contribution < -0.4 is 9.64 Å². The molecule has 180 valence electrons. The lowest BCUT2D eigenvalue weighted by Gasteiger charge is -2.25. The van der Waals surface area contributed by atoms with Crippen LogP contribution in [0.4, 0.5) is 11.4 Å². The van der Waals surface area contributed by atoms with Crippen LogP contribution in [-0.2, 0) is 9.59 Å². The number of nitrogens with zero attached hydrogens (tertiary/aromatic N) is 2. The van der Waals surface area contributed by atoms with Crippen molar-refractivity contribution in [2.45, 2.75) is 13.0 Å². The van der Waals surface area contributed by atoms with Gasteiger partial charge in [0.2, 0.25) is 0 Å². The standard InChI is InChI=1S/C27H21N3O6/c1-2-36-19-12-10-17(11-13-19)29-24(21-15-28-22-9-4-3-8-20(21)22)23(26(32)27(29)33)25(31)16-6-5-7-18(14-16)30(34)35/h3-15,24,28,31H,2H2,1H3/b25-23+. The minimum atomic E-state index is -0.974. The van der Waals surface area contributed by atoms with Crippen LogP contribution in [0.2, 0.25) is 0 Å².